The number of hydrogen-bond donors (Lipinski definition) is 1. The Morgan fingerprint density at radius 2 is 2.05 bits per heavy atom. The Kier molecular flexibility index (Phi) is 5.45. The summed E-state index contributed by atoms with van der Waals surface area (Å²) >= 11 is 8.76. The minimum Gasteiger partial charge on any atom is -0.496 e. The second-order valence-corrected chi connectivity index (χ2v) is 7.49. The molecule has 0 aliphatic carbocycles. The number of ether oxygens (including phenoxy) is 1. The molecule has 1 heterocycles. The maximum absolute atomic E-state index is 5.39. The summed E-state index contributed by atoms with van der Waals surface area (Å²) in [6.07, 6.45) is 0. The molecule has 1 aromatic carbocycles. The molecule has 102 valence electrons. The minimum absolute atomic E-state index is 0.246. The fourth-order valence-electron chi connectivity index (χ4n) is 1.87. The lowest BCUT2D eigenvalue weighted by Crippen LogP contribution is -2.18. The highest BCUT2D eigenvalue weighted by Gasteiger charge is 2.11. The van der Waals surface area contributed by atoms with Crippen LogP contribution < -0.4 is 10.1 Å². The topological polar surface area (TPSA) is 21.3 Å². The summed E-state index contributed by atoms with van der Waals surface area (Å²) in [4.78, 5) is 1.29. The van der Waals surface area contributed by atoms with Gasteiger partial charge in [0, 0.05) is 27.5 Å². The van der Waals surface area contributed by atoms with E-state index in [0.717, 1.165) is 20.6 Å². The van der Waals surface area contributed by atoms with Crippen molar-refractivity contribution in [2.45, 2.75) is 19.5 Å². The van der Waals surface area contributed by atoms with Crippen LogP contribution >= 0.6 is 43.2 Å². The van der Waals surface area contributed by atoms with E-state index >= 15 is 0 Å². The molecular weight excluding hydrogens is 390 g/mol. The van der Waals surface area contributed by atoms with Crippen LogP contribution in [-0.2, 0) is 6.54 Å². The molecule has 1 aromatic heterocycles. The SMILES string of the molecule is COc1ccccc1[C@@H](C)NCc1cc(Br)c(Br)s1. The molecule has 2 aromatic rings. The molecular formula is C14H15Br2NOS. The second-order valence-electron chi connectivity index (χ2n) is 4.18. The number of rotatable bonds is 5. The maximum Gasteiger partial charge on any atom is 0.123 e. The minimum atomic E-state index is 0.246. The third-order valence-corrected chi connectivity index (χ3v) is 6.14. The summed E-state index contributed by atoms with van der Waals surface area (Å²) < 4.78 is 7.63. The molecule has 2 nitrogen and oxygen atoms in total. The standard InChI is InChI=1S/C14H15Br2NOS/c1-9(11-5-3-4-6-13(11)18-2)17-8-10-7-12(15)14(16)19-10/h3-7,9,17H,8H2,1-2H3/t9-/m1/s1. The van der Waals surface area contributed by atoms with Gasteiger partial charge in [0.15, 0.2) is 0 Å². The fraction of sp³-hybridized carbons (Fsp3) is 0.286. The van der Waals surface area contributed by atoms with E-state index in [4.69, 9.17) is 4.74 Å². The van der Waals surface area contributed by atoms with E-state index in [9.17, 15) is 0 Å². The predicted octanol–water partition coefficient (Wildman–Crippen LogP) is 5.13. The smallest absolute Gasteiger partial charge is 0.123 e. The Morgan fingerprint density at radius 1 is 1.32 bits per heavy atom. The average molecular weight is 405 g/mol. The van der Waals surface area contributed by atoms with Gasteiger partial charge in [0.2, 0.25) is 0 Å². The van der Waals surface area contributed by atoms with Gasteiger partial charge in [-0.2, -0.15) is 0 Å². The molecule has 0 unspecified atom stereocenters. The van der Waals surface area contributed by atoms with Crippen molar-refractivity contribution in [3.63, 3.8) is 0 Å². The molecule has 1 N–H and O–H groups in total. The van der Waals surface area contributed by atoms with Gasteiger partial charge in [-0.15, -0.1) is 11.3 Å². The van der Waals surface area contributed by atoms with Crippen molar-refractivity contribution in [1.82, 2.24) is 5.32 Å². The van der Waals surface area contributed by atoms with Crippen LogP contribution in [-0.4, -0.2) is 7.11 Å². The van der Waals surface area contributed by atoms with Crippen molar-refractivity contribution in [3.05, 3.63) is 49.0 Å². The van der Waals surface area contributed by atoms with E-state index in [1.165, 1.54) is 10.4 Å². The third-order valence-electron chi connectivity index (χ3n) is 2.88. The number of methoxy groups -OCH3 is 1. The van der Waals surface area contributed by atoms with Crippen LogP contribution in [0.1, 0.15) is 23.4 Å². The van der Waals surface area contributed by atoms with Crippen LogP contribution in [0.25, 0.3) is 0 Å². The molecule has 0 radical (unpaired) electrons. The number of para-hydroxylation sites is 1. The molecule has 1 atom stereocenters. The first kappa shape index (κ1) is 15.0. The van der Waals surface area contributed by atoms with Gasteiger partial charge in [0.1, 0.15) is 5.75 Å². The molecule has 0 spiro atoms. The number of nitrogens with one attached hydrogen (secondary N) is 1. The number of benzene rings is 1. The van der Waals surface area contributed by atoms with Gasteiger partial charge in [0.05, 0.1) is 10.9 Å². The summed E-state index contributed by atoms with van der Waals surface area (Å²) in [6, 6.07) is 10.5. The molecule has 2 rings (SSSR count). The zero-order valence-electron chi connectivity index (χ0n) is 10.7. The molecule has 0 aliphatic rings. The highest BCUT2D eigenvalue weighted by molar-refractivity contribution is 9.13. The number of hydrogen-bond acceptors (Lipinski definition) is 3. The van der Waals surface area contributed by atoms with Crippen molar-refractivity contribution in [3.8, 4) is 5.75 Å². The van der Waals surface area contributed by atoms with Crippen LogP contribution in [0, 0.1) is 0 Å². The van der Waals surface area contributed by atoms with E-state index in [0.29, 0.717) is 0 Å². The summed E-state index contributed by atoms with van der Waals surface area (Å²) in [5, 5.41) is 3.52. The first-order chi connectivity index (χ1) is 9.11. The van der Waals surface area contributed by atoms with Crippen molar-refractivity contribution in [2.75, 3.05) is 7.11 Å². The van der Waals surface area contributed by atoms with Gasteiger partial charge < -0.3 is 10.1 Å². The Balaban J connectivity index is 2.03. The molecule has 0 aliphatic heterocycles. The molecule has 0 bridgehead atoms. The average Bonchev–Trinajstić information content (AvgIpc) is 2.75. The second kappa shape index (κ2) is 6.88. The van der Waals surface area contributed by atoms with E-state index in [1.807, 2.05) is 18.2 Å². The molecule has 19 heavy (non-hydrogen) atoms. The van der Waals surface area contributed by atoms with Crippen LogP contribution in [0.4, 0.5) is 0 Å². The van der Waals surface area contributed by atoms with Crippen LogP contribution in [0.15, 0.2) is 38.6 Å². The zero-order valence-corrected chi connectivity index (χ0v) is 14.7. The van der Waals surface area contributed by atoms with E-state index < -0.39 is 0 Å². The normalized spacial score (nSPS) is 12.4. The summed E-state index contributed by atoms with van der Waals surface area (Å²) in [5.41, 5.74) is 1.18. The van der Waals surface area contributed by atoms with Crippen LogP contribution in [0.3, 0.4) is 0 Å². The monoisotopic (exact) mass is 403 g/mol. The van der Waals surface area contributed by atoms with Crippen LogP contribution in [0.5, 0.6) is 5.75 Å². The van der Waals surface area contributed by atoms with E-state index in [1.54, 1.807) is 18.4 Å². The van der Waals surface area contributed by atoms with Gasteiger partial charge in [-0.3, -0.25) is 0 Å². The number of thiophene rings is 1. The van der Waals surface area contributed by atoms with Gasteiger partial charge in [-0.05, 0) is 50.9 Å². The van der Waals surface area contributed by atoms with Crippen LogP contribution in [0.2, 0.25) is 0 Å². The van der Waals surface area contributed by atoms with E-state index in [-0.39, 0.29) is 6.04 Å². The van der Waals surface area contributed by atoms with Gasteiger partial charge in [-0.25, -0.2) is 0 Å². The van der Waals surface area contributed by atoms with Crippen molar-refractivity contribution in [1.29, 1.82) is 0 Å². The van der Waals surface area contributed by atoms with Gasteiger partial charge in [-0.1, -0.05) is 18.2 Å². The largest absolute Gasteiger partial charge is 0.496 e. The molecule has 0 fully saturated rings. The molecule has 0 saturated carbocycles. The van der Waals surface area contributed by atoms with Crippen molar-refractivity contribution in [2.24, 2.45) is 0 Å². The molecule has 0 amide bonds. The quantitative estimate of drug-likeness (QED) is 0.745. The van der Waals surface area contributed by atoms with Crippen molar-refractivity contribution >= 4 is 43.2 Å². The Bertz CT molecular complexity index is 537. The van der Waals surface area contributed by atoms with Crippen molar-refractivity contribution < 1.29 is 4.74 Å². The highest BCUT2D eigenvalue weighted by atomic mass is 79.9. The summed E-state index contributed by atoms with van der Waals surface area (Å²) in [5.74, 6) is 0.927. The first-order valence-electron chi connectivity index (χ1n) is 5.92. The maximum atomic E-state index is 5.39. The molecule has 5 heteroatoms. The predicted molar refractivity (Wildman–Crippen MR) is 88.0 cm³/mol. The highest BCUT2D eigenvalue weighted by Crippen LogP contribution is 2.33. The Hall–Kier alpha value is -0.360. The Labute approximate surface area is 134 Å². The summed E-state index contributed by atoms with van der Waals surface area (Å²) in [7, 11) is 1.71. The van der Waals surface area contributed by atoms with E-state index in [2.05, 4.69) is 56.2 Å². The lowest BCUT2D eigenvalue weighted by atomic mass is 10.1. The fourth-order valence-corrected chi connectivity index (χ4v) is 3.99. The van der Waals surface area contributed by atoms with Gasteiger partial charge in [0.25, 0.3) is 0 Å². The summed E-state index contributed by atoms with van der Waals surface area (Å²) in [6.45, 7) is 2.99. The lowest BCUT2D eigenvalue weighted by Gasteiger charge is -2.16. The molecule has 0 saturated heterocycles. The Morgan fingerprint density at radius 3 is 2.68 bits per heavy atom. The first-order valence-corrected chi connectivity index (χ1v) is 8.32. The lowest BCUT2D eigenvalue weighted by molar-refractivity contribution is 0.401. The zero-order chi connectivity index (χ0) is 13.8. The van der Waals surface area contributed by atoms with Gasteiger partial charge >= 0.3 is 0 Å². The third kappa shape index (κ3) is 3.81. The number of halogens is 2.